The molecule has 3 rings (SSSR count). The van der Waals surface area contributed by atoms with Gasteiger partial charge in [-0.3, -0.25) is 24.3 Å². The monoisotopic (exact) mass is 300 g/mol. The highest BCUT2D eigenvalue weighted by atomic mass is 16.3. The summed E-state index contributed by atoms with van der Waals surface area (Å²) in [7, 11) is 0. The molecule has 0 bridgehead atoms. The summed E-state index contributed by atoms with van der Waals surface area (Å²) in [5.74, 6) is -1.39. The van der Waals surface area contributed by atoms with Crippen LogP contribution in [0.3, 0.4) is 0 Å². The van der Waals surface area contributed by atoms with Gasteiger partial charge in [-0.05, 0) is 25.0 Å². The molecule has 22 heavy (non-hydrogen) atoms. The highest BCUT2D eigenvalue weighted by Gasteiger charge is 2.31. The molecular weight excluding hydrogens is 288 g/mol. The molecule has 0 saturated carbocycles. The first-order chi connectivity index (χ1) is 10.5. The van der Waals surface area contributed by atoms with Gasteiger partial charge in [-0.2, -0.15) is 0 Å². The minimum Gasteiger partial charge on any atom is -0.295 e. The number of amides is 2. The number of nitroso groups, excluding NO2 is 1. The molecule has 0 spiro atoms. The van der Waals surface area contributed by atoms with Crippen LogP contribution in [0.5, 0.6) is 0 Å². The Morgan fingerprint density at radius 3 is 2.77 bits per heavy atom. The molecule has 8 nitrogen and oxygen atoms in total. The SMILES string of the molecule is Cc1cccc2nc(N=O)n(C3CCC(=O)NC3=O)c(=O)c12. The number of carbonyl (C=O) groups excluding carboxylic acids is 2. The number of hydrogen-bond acceptors (Lipinski definition) is 6. The summed E-state index contributed by atoms with van der Waals surface area (Å²) >= 11 is 0. The van der Waals surface area contributed by atoms with Crippen LogP contribution in [0.15, 0.2) is 28.2 Å². The van der Waals surface area contributed by atoms with Gasteiger partial charge in [-0.1, -0.05) is 12.1 Å². The summed E-state index contributed by atoms with van der Waals surface area (Å²) in [6, 6.07) is 4.10. The quantitative estimate of drug-likeness (QED) is 0.659. The minimum atomic E-state index is -0.964. The number of carbonyl (C=O) groups is 2. The molecule has 2 aromatic rings. The Morgan fingerprint density at radius 1 is 1.32 bits per heavy atom. The number of imide groups is 1. The molecule has 1 atom stereocenters. The number of piperidine rings is 1. The van der Waals surface area contributed by atoms with Gasteiger partial charge in [0.05, 0.1) is 10.9 Å². The molecule has 1 aromatic heterocycles. The lowest BCUT2D eigenvalue weighted by Crippen LogP contribution is -2.44. The number of nitrogens with zero attached hydrogens (tertiary/aromatic N) is 3. The Morgan fingerprint density at radius 2 is 2.09 bits per heavy atom. The molecule has 112 valence electrons. The lowest BCUT2D eigenvalue weighted by atomic mass is 10.1. The second-order valence-electron chi connectivity index (χ2n) is 5.11. The van der Waals surface area contributed by atoms with Crippen LogP contribution in [0, 0.1) is 11.8 Å². The molecule has 1 aliphatic rings. The fraction of sp³-hybridized carbons (Fsp3) is 0.286. The van der Waals surface area contributed by atoms with E-state index in [-0.39, 0.29) is 18.8 Å². The third kappa shape index (κ3) is 2.09. The van der Waals surface area contributed by atoms with Gasteiger partial charge in [0.2, 0.25) is 11.8 Å². The number of nitrogens with one attached hydrogen (secondary N) is 1. The van der Waals surface area contributed by atoms with Gasteiger partial charge < -0.3 is 0 Å². The van der Waals surface area contributed by atoms with E-state index < -0.39 is 23.4 Å². The third-order valence-electron chi connectivity index (χ3n) is 3.72. The number of aryl methyl sites for hydroxylation is 1. The van der Waals surface area contributed by atoms with Crippen molar-refractivity contribution in [3.63, 3.8) is 0 Å². The normalized spacial score (nSPS) is 18.3. The van der Waals surface area contributed by atoms with E-state index in [9.17, 15) is 19.3 Å². The Labute approximate surface area is 124 Å². The summed E-state index contributed by atoms with van der Waals surface area (Å²) in [6.45, 7) is 1.74. The van der Waals surface area contributed by atoms with Crippen LogP contribution >= 0.6 is 0 Å². The van der Waals surface area contributed by atoms with Crippen molar-refractivity contribution in [1.29, 1.82) is 0 Å². The Bertz CT molecular complexity index is 871. The zero-order valence-corrected chi connectivity index (χ0v) is 11.7. The molecule has 0 aliphatic carbocycles. The summed E-state index contributed by atoms with van der Waals surface area (Å²) < 4.78 is 0.976. The van der Waals surface area contributed by atoms with E-state index in [1.165, 1.54) is 0 Å². The number of fused-ring (bicyclic) bond motifs is 1. The van der Waals surface area contributed by atoms with E-state index in [1.54, 1.807) is 25.1 Å². The van der Waals surface area contributed by atoms with Gasteiger partial charge in [0.1, 0.15) is 6.04 Å². The first-order valence-electron chi connectivity index (χ1n) is 6.72. The van der Waals surface area contributed by atoms with Crippen molar-refractivity contribution in [2.24, 2.45) is 5.18 Å². The van der Waals surface area contributed by atoms with Gasteiger partial charge >= 0.3 is 0 Å². The summed E-state index contributed by atoms with van der Waals surface area (Å²) in [5, 5.41) is 5.27. The van der Waals surface area contributed by atoms with E-state index in [2.05, 4.69) is 15.5 Å². The van der Waals surface area contributed by atoms with Crippen molar-refractivity contribution in [2.45, 2.75) is 25.8 Å². The second-order valence-corrected chi connectivity index (χ2v) is 5.11. The number of benzene rings is 1. The standard InChI is InChI=1S/C14H12N4O4/c1-7-3-2-4-8-11(7)13(21)18(14(15-8)17-22)9-5-6-10(19)16-12(9)20/h2-4,9H,5-6H2,1H3,(H,16,19,20). The maximum atomic E-state index is 12.7. The highest BCUT2D eigenvalue weighted by molar-refractivity contribution is 5.99. The molecule has 8 heteroatoms. The van der Waals surface area contributed by atoms with Crippen molar-refractivity contribution < 1.29 is 9.59 Å². The minimum absolute atomic E-state index is 0.0902. The van der Waals surface area contributed by atoms with Crippen LogP contribution < -0.4 is 10.9 Å². The molecule has 1 fully saturated rings. The molecule has 1 unspecified atom stereocenters. The van der Waals surface area contributed by atoms with E-state index in [1.807, 2.05) is 0 Å². The average molecular weight is 300 g/mol. The molecule has 0 radical (unpaired) electrons. The van der Waals surface area contributed by atoms with E-state index in [0.29, 0.717) is 16.5 Å². The van der Waals surface area contributed by atoms with E-state index in [0.717, 1.165) is 4.57 Å². The van der Waals surface area contributed by atoms with Gasteiger partial charge in [0, 0.05) is 11.6 Å². The van der Waals surface area contributed by atoms with E-state index in [4.69, 9.17) is 0 Å². The molecule has 1 aliphatic heterocycles. The third-order valence-corrected chi connectivity index (χ3v) is 3.72. The van der Waals surface area contributed by atoms with Crippen LogP contribution in [0.1, 0.15) is 24.4 Å². The maximum Gasteiger partial charge on any atom is 0.275 e. The fourth-order valence-corrected chi connectivity index (χ4v) is 2.67. The number of rotatable bonds is 2. The van der Waals surface area contributed by atoms with Crippen LogP contribution in [-0.4, -0.2) is 21.4 Å². The summed E-state index contributed by atoms with van der Waals surface area (Å²) in [6.07, 6.45) is 0.221. The summed E-state index contributed by atoms with van der Waals surface area (Å²) in [4.78, 5) is 51.0. The second kappa shape index (κ2) is 5.14. The van der Waals surface area contributed by atoms with Gasteiger partial charge in [0.25, 0.3) is 11.5 Å². The predicted molar refractivity (Wildman–Crippen MR) is 77.6 cm³/mol. The van der Waals surface area contributed by atoms with Crippen LogP contribution in [0.25, 0.3) is 10.9 Å². The molecule has 1 aromatic carbocycles. The number of aromatic nitrogens is 2. The van der Waals surface area contributed by atoms with E-state index >= 15 is 0 Å². The van der Waals surface area contributed by atoms with Crippen molar-refractivity contribution in [3.05, 3.63) is 39.0 Å². The molecule has 1 N–H and O–H groups in total. The average Bonchev–Trinajstić information content (AvgIpc) is 2.48. The molecular formula is C14H12N4O4. The van der Waals surface area contributed by atoms with Gasteiger partial charge in [-0.25, -0.2) is 4.98 Å². The van der Waals surface area contributed by atoms with Crippen molar-refractivity contribution in [2.75, 3.05) is 0 Å². The molecule has 2 heterocycles. The Hall–Kier alpha value is -2.90. The van der Waals surface area contributed by atoms with Crippen molar-refractivity contribution in [3.8, 4) is 0 Å². The zero-order chi connectivity index (χ0) is 15.9. The van der Waals surface area contributed by atoms with Crippen LogP contribution in [-0.2, 0) is 9.59 Å². The Kier molecular flexibility index (Phi) is 3.28. The zero-order valence-electron chi connectivity index (χ0n) is 11.7. The first kappa shape index (κ1) is 14.1. The van der Waals surface area contributed by atoms with Crippen molar-refractivity contribution >= 4 is 28.7 Å². The smallest absolute Gasteiger partial charge is 0.275 e. The fourth-order valence-electron chi connectivity index (χ4n) is 2.67. The van der Waals surface area contributed by atoms with Gasteiger partial charge in [-0.15, -0.1) is 4.91 Å². The Balaban J connectivity index is 2.29. The van der Waals surface area contributed by atoms with Crippen LogP contribution in [0.4, 0.5) is 5.95 Å². The maximum absolute atomic E-state index is 12.7. The van der Waals surface area contributed by atoms with Crippen molar-refractivity contribution in [1.82, 2.24) is 14.9 Å². The lowest BCUT2D eigenvalue weighted by molar-refractivity contribution is -0.135. The van der Waals surface area contributed by atoms with Gasteiger partial charge in [0.15, 0.2) is 0 Å². The first-order valence-corrected chi connectivity index (χ1v) is 6.72. The highest BCUT2D eigenvalue weighted by Crippen LogP contribution is 2.24. The lowest BCUT2D eigenvalue weighted by Gasteiger charge is -2.23. The molecule has 2 amide bonds. The molecule has 1 saturated heterocycles. The predicted octanol–water partition coefficient (Wildman–Crippen LogP) is 1.08. The van der Waals surface area contributed by atoms with Crippen LogP contribution in [0.2, 0.25) is 0 Å². The topological polar surface area (TPSA) is 110 Å². The largest absolute Gasteiger partial charge is 0.295 e. The number of hydrogen-bond donors (Lipinski definition) is 1. The summed E-state index contributed by atoms with van der Waals surface area (Å²) in [5.41, 5.74) is 0.531.